The van der Waals surface area contributed by atoms with Gasteiger partial charge in [-0.1, -0.05) is 43.6 Å². The summed E-state index contributed by atoms with van der Waals surface area (Å²) in [5.74, 6) is 0.474. The molecule has 0 N–H and O–H groups in total. The van der Waals surface area contributed by atoms with Crippen LogP contribution in [0.4, 0.5) is 0 Å². The highest BCUT2D eigenvalue weighted by molar-refractivity contribution is 6.33. The molecule has 0 aromatic heterocycles. The minimum absolute atomic E-state index is 0.169. The summed E-state index contributed by atoms with van der Waals surface area (Å²) in [4.78, 5) is 0. The molecular weight excluding hydrogens is 226 g/mol. The van der Waals surface area contributed by atoms with Crippen molar-refractivity contribution < 1.29 is 0 Å². The van der Waals surface area contributed by atoms with Crippen molar-refractivity contribution >= 4 is 34.8 Å². The third-order valence-corrected chi connectivity index (χ3v) is 3.12. The van der Waals surface area contributed by atoms with Gasteiger partial charge in [-0.2, -0.15) is 0 Å². The molecule has 0 heterocycles. The van der Waals surface area contributed by atoms with Gasteiger partial charge >= 0.3 is 0 Å². The second-order valence-electron chi connectivity index (χ2n) is 3.34. The molecular formula is C10H15Cl3. The molecule has 1 unspecified atom stereocenters. The van der Waals surface area contributed by atoms with E-state index in [-0.39, 0.29) is 5.38 Å². The average Bonchev–Trinajstić information content (AvgIpc) is 2.04. The van der Waals surface area contributed by atoms with Crippen molar-refractivity contribution in [1.29, 1.82) is 0 Å². The molecule has 0 aromatic carbocycles. The van der Waals surface area contributed by atoms with E-state index in [9.17, 15) is 0 Å². The summed E-state index contributed by atoms with van der Waals surface area (Å²) in [5.41, 5.74) is 2.34. The van der Waals surface area contributed by atoms with Gasteiger partial charge in [-0.25, -0.2) is 0 Å². The fourth-order valence-corrected chi connectivity index (χ4v) is 1.43. The third kappa shape index (κ3) is 5.61. The molecule has 0 spiro atoms. The Labute approximate surface area is 95.6 Å². The molecule has 1 atom stereocenters. The van der Waals surface area contributed by atoms with E-state index in [4.69, 9.17) is 34.8 Å². The summed E-state index contributed by atoms with van der Waals surface area (Å²) < 4.78 is 0. The summed E-state index contributed by atoms with van der Waals surface area (Å²) >= 11 is 17.4. The molecule has 3 heteroatoms. The summed E-state index contributed by atoms with van der Waals surface area (Å²) in [7, 11) is 0. The lowest BCUT2D eigenvalue weighted by molar-refractivity contribution is 0.566. The van der Waals surface area contributed by atoms with Crippen LogP contribution in [0, 0.1) is 5.92 Å². The monoisotopic (exact) mass is 240 g/mol. The molecule has 0 aliphatic carbocycles. The molecule has 0 bridgehead atoms. The lowest BCUT2D eigenvalue weighted by atomic mass is 10.0. The van der Waals surface area contributed by atoms with E-state index in [0.29, 0.717) is 11.0 Å². The standard InChI is InChI=1S/C10H15Cl3/c1-7(2)10(13)5-4-9(6-11)8(3)12/h6-7,10H,3-5H2,1-2H3/b9-6-. The van der Waals surface area contributed by atoms with Gasteiger partial charge in [0.05, 0.1) is 0 Å². The van der Waals surface area contributed by atoms with E-state index in [2.05, 4.69) is 20.4 Å². The van der Waals surface area contributed by atoms with E-state index in [1.165, 1.54) is 5.54 Å². The second-order valence-corrected chi connectivity index (χ2v) is 4.57. The van der Waals surface area contributed by atoms with Gasteiger partial charge in [-0.3, -0.25) is 0 Å². The van der Waals surface area contributed by atoms with Crippen molar-refractivity contribution in [2.45, 2.75) is 32.1 Å². The van der Waals surface area contributed by atoms with Gasteiger partial charge in [0.1, 0.15) is 0 Å². The first-order valence-corrected chi connectivity index (χ1v) is 5.52. The number of halogens is 3. The Bertz CT molecular complexity index is 194. The quantitative estimate of drug-likeness (QED) is 0.474. The molecule has 0 aliphatic rings. The Morgan fingerprint density at radius 1 is 1.46 bits per heavy atom. The van der Waals surface area contributed by atoms with E-state index >= 15 is 0 Å². The van der Waals surface area contributed by atoms with Gasteiger partial charge in [0.2, 0.25) is 0 Å². The van der Waals surface area contributed by atoms with Crippen LogP contribution >= 0.6 is 34.8 Å². The van der Waals surface area contributed by atoms with Crippen LogP contribution in [0.15, 0.2) is 22.7 Å². The molecule has 0 aliphatic heterocycles. The van der Waals surface area contributed by atoms with Crippen molar-refractivity contribution in [1.82, 2.24) is 0 Å². The number of alkyl halides is 1. The summed E-state index contributed by atoms with van der Waals surface area (Å²) in [5, 5.41) is 0.672. The van der Waals surface area contributed by atoms with Crippen LogP contribution in [0.3, 0.4) is 0 Å². The van der Waals surface area contributed by atoms with E-state index < -0.39 is 0 Å². The smallest absolute Gasteiger partial charge is 0.0374 e. The van der Waals surface area contributed by atoms with E-state index in [1.807, 2.05) is 0 Å². The molecule has 0 fully saturated rings. The van der Waals surface area contributed by atoms with Crippen molar-refractivity contribution in [3.63, 3.8) is 0 Å². The number of hydrogen-bond acceptors (Lipinski definition) is 0. The third-order valence-electron chi connectivity index (χ3n) is 1.89. The molecule has 0 rings (SSSR count). The Morgan fingerprint density at radius 2 is 2.00 bits per heavy atom. The van der Waals surface area contributed by atoms with Crippen LogP contribution in [0.2, 0.25) is 0 Å². The maximum absolute atomic E-state index is 6.08. The van der Waals surface area contributed by atoms with E-state index in [0.717, 1.165) is 18.4 Å². The molecule has 0 saturated carbocycles. The maximum atomic E-state index is 6.08. The summed E-state index contributed by atoms with van der Waals surface area (Å²) in [6, 6.07) is 0. The molecule has 0 nitrogen and oxygen atoms in total. The topological polar surface area (TPSA) is 0 Å². The summed E-state index contributed by atoms with van der Waals surface area (Å²) in [6.45, 7) is 7.81. The zero-order chi connectivity index (χ0) is 10.4. The zero-order valence-corrected chi connectivity index (χ0v) is 10.3. The van der Waals surface area contributed by atoms with Gasteiger partial charge in [-0.15, -0.1) is 11.6 Å². The highest BCUT2D eigenvalue weighted by Crippen LogP contribution is 2.23. The normalized spacial score (nSPS) is 14.8. The molecule has 0 radical (unpaired) electrons. The largest absolute Gasteiger partial charge is 0.123 e. The number of rotatable bonds is 5. The Morgan fingerprint density at radius 3 is 2.31 bits per heavy atom. The number of allylic oxidation sites excluding steroid dienone is 2. The predicted octanol–water partition coefficient (Wildman–Crippen LogP) is 4.91. The maximum Gasteiger partial charge on any atom is 0.0374 e. The van der Waals surface area contributed by atoms with Crippen molar-refractivity contribution in [2.24, 2.45) is 5.92 Å². The van der Waals surface area contributed by atoms with Gasteiger partial charge < -0.3 is 0 Å². The lowest BCUT2D eigenvalue weighted by Crippen LogP contribution is -2.07. The van der Waals surface area contributed by atoms with Crippen molar-refractivity contribution in [2.75, 3.05) is 0 Å². The van der Waals surface area contributed by atoms with Crippen LogP contribution in [-0.4, -0.2) is 5.38 Å². The SMILES string of the molecule is C=C(Cl)/C(=C\Cl)CCC(Cl)C(C)C. The first-order valence-electron chi connectivity index (χ1n) is 4.27. The zero-order valence-electron chi connectivity index (χ0n) is 7.99. The average molecular weight is 242 g/mol. The molecule has 13 heavy (non-hydrogen) atoms. The molecule has 0 amide bonds. The molecule has 76 valence electrons. The van der Waals surface area contributed by atoms with Crippen LogP contribution in [0.1, 0.15) is 26.7 Å². The highest BCUT2D eigenvalue weighted by Gasteiger charge is 2.10. The fourth-order valence-electron chi connectivity index (χ4n) is 0.876. The predicted molar refractivity (Wildman–Crippen MR) is 62.6 cm³/mol. The van der Waals surface area contributed by atoms with Gasteiger partial charge in [0.25, 0.3) is 0 Å². The first kappa shape index (κ1) is 13.4. The lowest BCUT2D eigenvalue weighted by Gasteiger charge is -2.13. The number of hydrogen-bond donors (Lipinski definition) is 0. The first-order chi connectivity index (χ1) is 5.99. The second kappa shape index (κ2) is 6.75. The summed E-state index contributed by atoms with van der Waals surface area (Å²) in [6.07, 6.45) is 1.67. The van der Waals surface area contributed by atoms with Gasteiger partial charge in [0.15, 0.2) is 0 Å². The van der Waals surface area contributed by atoms with Crippen LogP contribution < -0.4 is 0 Å². The Kier molecular flexibility index (Phi) is 6.93. The van der Waals surface area contributed by atoms with Crippen LogP contribution in [0.5, 0.6) is 0 Å². The minimum atomic E-state index is 0.169. The Hall–Kier alpha value is 0.350. The molecule has 0 saturated heterocycles. The van der Waals surface area contributed by atoms with Crippen LogP contribution in [-0.2, 0) is 0 Å². The van der Waals surface area contributed by atoms with Crippen molar-refractivity contribution in [3.05, 3.63) is 22.7 Å². The van der Waals surface area contributed by atoms with Gasteiger partial charge in [0, 0.05) is 15.9 Å². The fraction of sp³-hybridized carbons (Fsp3) is 0.600. The Balaban J connectivity index is 3.94. The highest BCUT2D eigenvalue weighted by atomic mass is 35.5. The van der Waals surface area contributed by atoms with Gasteiger partial charge in [-0.05, 0) is 24.3 Å². The van der Waals surface area contributed by atoms with Crippen LogP contribution in [0.25, 0.3) is 0 Å². The van der Waals surface area contributed by atoms with E-state index in [1.54, 1.807) is 0 Å². The molecule has 0 aromatic rings. The van der Waals surface area contributed by atoms with Crippen molar-refractivity contribution in [3.8, 4) is 0 Å². The minimum Gasteiger partial charge on any atom is -0.123 e.